The third-order valence-electron chi connectivity index (χ3n) is 14.7. The number of ketones is 3. The maximum atomic E-state index is 14.1. The number of hydrogen-bond acceptors (Lipinski definition) is 19. The molecule has 0 aromatic heterocycles. The van der Waals surface area contributed by atoms with Gasteiger partial charge in [-0.1, -0.05) is 44.5 Å². The molecule has 4 aliphatic rings. The highest BCUT2D eigenvalue weighted by atomic mass is 16.7. The van der Waals surface area contributed by atoms with Crippen molar-refractivity contribution in [2.45, 2.75) is 133 Å². The molecular weight excluding hydrogens is 1070 g/mol. The van der Waals surface area contributed by atoms with E-state index in [1.54, 1.807) is 26.0 Å². The number of carbonyl (C=O) groups excluding carboxylic acids is 10. The highest BCUT2D eigenvalue weighted by Crippen LogP contribution is 2.52. The first-order chi connectivity index (χ1) is 39.0. The summed E-state index contributed by atoms with van der Waals surface area (Å²) in [4.78, 5) is 131. The Balaban J connectivity index is 0.959. The molecule has 26 heteroatoms. The number of Topliss-reactive ketones (excluding diaryl/α,β-unsaturated/α-hetero) is 1. The van der Waals surface area contributed by atoms with E-state index in [2.05, 4.69) is 26.6 Å². The Morgan fingerprint density at radius 2 is 1.57 bits per heavy atom. The number of primary amides is 1. The largest absolute Gasteiger partial charge is 0.507 e. The average Bonchev–Trinajstić information content (AvgIpc) is 1.70. The van der Waals surface area contributed by atoms with Gasteiger partial charge in [0.25, 0.3) is 11.8 Å². The number of aromatic hydroxyl groups is 2. The van der Waals surface area contributed by atoms with E-state index < -0.39 is 144 Å². The second-order valence-corrected chi connectivity index (χ2v) is 20.8. The zero-order valence-corrected chi connectivity index (χ0v) is 45.5. The highest BCUT2D eigenvalue weighted by Gasteiger charge is 2.50. The number of aliphatic hydroxyl groups is 3. The Morgan fingerprint density at radius 1 is 0.878 bits per heavy atom. The molecule has 0 bridgehead atoms. The van der Waals surface area contributed by atoms with Gasteiger partial charge in [0, 0.05) is 73.3 Å². The van der Waals surface area contributed by atoms with Gasteiger partial charge in [0.15, 0.2) is 17.9 Å². The fourth-order valence-corrected chi connectivity index (χ4v) is 10.3. The first-order valence-corrected chi connectivity index (χ1v) is 26.7. The quantitative estimate of drug-likeness (QED) is 0.0269. The molecule has 2 aliphatic heterocycles. The van der Waals surface area contributed by atoms with Gasteiger partial charge in [-0.05, 0) is 62.3 Å². The lowest BCUT2D eigenvalue weighted by Gasteiger charge is -2.42. The summed E-state index contributed by atoms with van der Waals surface area (Å²) in [6.45, 7) is 3.78. The van der Waals surface area contributed by atoms with Gasteiger partial charge in [-0.25, -0.2) is 9.59 Å². The molecule has 1 saturated heterocycles. The van der Waals surface area contributed by atoms with Crippen LogP contribution in [0.1, 0.15) is 127 Å². The van der Waals surface area contributed by atoms with Crippen molar-refractivity contribution in [2.75, 3.05) is 32.1 Å². The van der Waals surface area contributed by atoms with Crippen LogP contribution >= 0.6 is 0 Å². The van der Waals surface area contributed by atoms with Crippen LogP contribution in [0.2, 0.25) is 0 Å². The maximum Gasteiger partial charge on any atom is 0.407 e. The standard InChI is InChI=1S/C56H67N7O19/c1-27(2)46(62-38(66)13-6-5-7-21-63-39(67)18-19-40(63)68)53(75)60-33(11-9-20-58-54(57)76)52(74)59-30-16-14-29(15-17-30)26-80-55(77)61-34-22-41(81-28(3)47(34)69)82-36-24-56(78,37(65)25-64)23-32-43(36)51(73)45-44(49(32)71)48(70)31-10-8-12-35(79-4)42(31)50(45)72/h8,10,12,14-19,27-28,33-34,36,41,46-47,64,69,71,73,78H,5-7,9,11,13,20-26H2,1-4H3,(H,59,74)(H,60,75)(H,61,77)(H,62,66)(H3,57,58,76)/t28-,33-,34-,36-,41-,46-,47+,56-/m0/s1. The first kappa shape index (κ1) is 61.3. The SMILES string of the molecule is COc1cccc2c1C(=O)c1c(O)c3c(c(O)c1C2=O)C[C@@](O)(C(=O)CO)C[C@@H]3O[C@H]1C[C@H](NC(=O)OCc2ccc(NC(=O)[C@H](CCCNC(N)=O)NC(=O)[C@@H](NC(=O)CCCCCN3C(=O)C=CC3=O)C(C)C)cc2)[C@H](O)[C@H](C)O1. The fraction of sp³-hybridized carbons (Fsp3) is 0.464. The van der Waals surface area contributed by atoms with Gasteiger partial charge >= 0.3 is 12.1 Å². The van der Waals surface area contributed by atoms with Crippen LogP contribution in [0.5, 0.6) is 17.2 Å². The minimum atomic E-state index is -2.42. The summed E-state index contributed by atoms with van der Waals surface area (Å²) in [7, 11) is 1.28. The highest BCUT2D eigenvalue weighted by molar-refractivity contribution is 6.31. The summed E-state index contributed by atoms with van der Waals surface area (Å²) in [5.74, 6) is -7.22. The summed E-state index contributed by atoms with van der Waals surface area (Å²) in [5.41, 5.74) is 1.50. The van der Waals surface area contributed by atoms with Crippen LogP contribution in [0, 0.1) is 5.92 Å². The number of fused-ring (bicyclic) bond motifs is 3. The Bertz CT molecular complexity index is 3020. The third-order valence-corrected chi connectivity index (χ3v) is 14.7. The Morgan fingerprint density at radius 3 is 2.23 bits per heavy atom. The molecule has 26 nitrogen and oxygen atoms in total. The van der Waals surface area contributed by atoms with Crippen molar-refractivity contribution in [3.8, 4) is 17.2 Å². The molecule has 8 atom stereocenters. The molecular formula is C56H67N7O19. The minimum Gasteiger partial charge on any atom is -0.507 e. The third kappa shape index (κ3) is 13.9. The maximum absolute atomic E-state index is 14.1. The van der Waals surface area contributed by atoms with Crippen LogP contribution in [-0.4, -0.2) is 158 Å². The second-order valence-electron chi connectivity index (χ2n) is 20.8. The van der Waals surface area contributed by atoms with E-state index in [9.17, 15) is 73.5 Å². The van der Waals surface area contributed by atoms with Crippen molar-refractivity contribution >= 4 is 64.7 Å². The number of nitrogens with one attached hydrogen (secondary N) is 5. The van der Waals surface area contributed by atoms with Crippen molar-refractivity contribution in [3.63, 3.8) is 0 Å². The lowest BCUT2D eigenvalue weighted by Crippen LogP contribution is -2.56. The molecule has 3 aromatic carbocycles. The van der Waals surface area contributed by atoms with Crippen molar-refractivity contribution in [2.24, 2.45) is 11.7 Å². The fourth-order valence-electron chi connectivity index (χ4n) is 10.3. The van der Waals surface area contributed by atoms with Crippen LogP contribution < -0.4 is 37.1 Å². The molecule has 1 fully saturated rings. The van der Waals surface area contributed by atoms with Crippen molar-refractivity contribution in [1.29, 1.82) is 0 Å². The normalized spacial score (nSPS) is 21.6. The van der Waals surface area contributed by atoms with E-state index in [1.165, 1.54) is 56.5 Å². The number of phenolic OH excluding ortho intramolecular Hbond substituents is 2. The van der Waals surface area contributed by atoms with E-state index in [0.29, 0.717) is 24.8 Å². The number of rotatable bonds is 24. The van der Waals surface area contributed by atoms with Gasteiger partial charge in [-0.3, -0.25) is 43.3 Å². The number of aliphatic hydroxyl groups excluding tert-OH is 2. The lowest BCUT2D eigenvalue weighted by atomic mass is 9.72. The monoisotopic (exact) mass is 1140 g/mol. The second kappa shape index (κ2) is 26.5. The molecule has 0 radical (unpaired) electrons. The van der Waals surface area contributed by atoms with Gasteiger partial charge in [-0.2, -0.15) is 0 Å². The number of alkyl carbamates (subject to hydrolysis) is 1. The number of urea groups is 1. The van der Waals surface area contributed by atoms with Crippen LogP contribution in [-0.2, 0) is 56.0 Å². The van der Waals surface area contributed by atoms with E-state index in [4.69, 9.17) is 24.7 Å². The Labute approximate surface area is 470 Å². The molecule has 3 aromatic rings. The van der Waals surface area contributed by atoms with E-state index in [-0.39, 0.29) is 90.9 Å². The van der Waals surface area contributed by atoms with Gasteiger partial charge in [0.1, 0.15) is 54.3 Å². The van der Waals surface area contributed by atoms with Crippen LogP contribution in [0.15, 0.2) is 54.6 Å². The minimum absolute atomic E-state index is 0.0191. The van der Waals surface area contributed by atoms with Gasteiger partial charge in [0.05, 0.1) is 42.0 Å². The number of nitrogens with zero attached hydrogens (tertiary/aromatic N) is 1. The number of hydrogen-bond donors (Lipinski definition) is 11. The molecule has 0 saturated carbocycles. The van der Waals surface area contributed by atoms with Gasteiger partial charge in [-0.15, -0.1) is 0 Å². The Hall–Kier alpha value is -8.30. The zero-order valence-electron chi connectivity index (χ0n) is 45.5. The number of benzene rings is 3. The molecule has 82 heavy (non-hydrogen) atoms. The number of ether oxygens (including phenoxy) is 4. The smallest absolute Gasteiger partial charge is 0.407 e. The Kier molecular flexibility index (Phi) is 19.8. The van der Waals surface area contributed by atoms with E-state index >= 15 is 0 Å². The number of imide groups is 1. The number of unbranched alkanes of at least 4 members (excludes halogenated alkanes) is 2. The number of phenols is 2. The summed E-state index contributed by atoms with van der Waals surface area (Å²) in [6.07, 6.45) is -3.74. The number of anilines is 1. The average molecular weight is 1140 g/mol. The van der Waals surface area contributed by atoms with Crippen molar-refractivity contribution in [1.82, 2.24) is 26.2 Å². The van der Waals surface area contributed by atoms with Crippen molar-refractivity contribution in [3.05, 3.63) is 93.6 Å². The van der Waals surface area contributed by atoms with E-state index in [0.717, 1.165) is 4.90 Å². The number of amides is 8. The summed E-state index contributed by atoms with van der Waals surface area (Å²) >= 11 is 0. The molecule has 0 spiro atoms. The first-order valence-electron chi connectivity index (χ1n) is 26.7. The predicted octanol–water partition coefficient (Wildman–Crippen LogP) is 1.47. The molecule has 440 valence electrons. The molecule has 2 aliphatic carbocycles. The number of carbonyl (C=O) groups is 10. The number of methoxy groups -OCH3 is 1. The predicted molar refractivity (Wildman–Crippen MR) is 286 cm³/mol. The summed E-state index contributed by atoms with van der Waals surface area (Å²) in [6, 6.07) is 6.27. The summed E-state index contributed by atoms with van der Waals surface area (Å²) < 4.78 is 23.0. The molecule has 2 heterocycles. The van der Waals surface area contributed by atoms with Crippen LogP contribution in [0.25, 0.3) is 0 Å². The number of nitrogens with two attached hydrogens (primary N) is 1. The molecule has 12 N–H and O–H groups in total. The summed E-state index contributed by atoms with van der Waals surface area (Å²) in [5, 5.41) is 69.4. The van der Waals surface area contributed by atoms with Crippen molar-refractivity contribution < 1.29 is 92.4 Å². The van der Waals surface area contributed by atoms with E-state index in [1.807, 2.05) is 0 Å². The lowest BCUT2D eigenvalue weighted by molar-refractivity contribution is -0.249. The van der Waals surface area contributed by atoms with Crippen LogP contribution in [0.3, 0.4) is 0 Å². The van der Waals surface area contributed by atoms with Gasteiger partial charge in [0.2, 0.25) is 23.5 Å². The zero-order chi connectivity index (χ0) is 59.7. The van der Waals surface area contributed by atoms with Crippen LogP contribution in [0.4, 0.5) is 15.3 Å². The van der Waals surface area contributed by atoms with Gasteiger partial charge < -0.3 is 76.8 Å². The molecule has 7 rings (SSSR count). The molecule has 8 amide bonds. The topological polar surface area (TPSA) is 398 Å². The molecule has 0 unspecified atom stereocenters.